The van der Waals surface area contributed by atoms with E-state index < -0.39 is 11.9 Å². The first-order valence-electron chi connectivity index (χ1n) is 9.48. The molecule has 2 N–H and O–H groups in total. The molecule has 6 rings (SSSR count). The number of benzene rings is 1. The van der Waals surface area contributed by atoms with Crippen molar-refractivity contribution >= 4 is 23.4 Å². The number of carbonyl (C=O) groups is 3. The van der Waals surface area contributed by atoms with Crippen LogP contribution in [0.1, 0.15) is 41.6 Å². The number of hydrogen-bond donors (Lipinski definition) is 2. The van der Waals surface area contributed by atoms with Gasteiger partial charge in [0.05, 0.1) is 5.69 Å². The Morgan fingerprint density at radius 3 is 2.59 bits per heavy atom. The molecule has 4 saturated heterocycles. The molecular weight excluding hydrogens is 351 g/mol. The fourth-order valence-corrected chi connectivity index (χ4v) is 4.80. The molecule has 1 aromatic carbocycles. The average Bonchev–Trinajstić information content (AvgIpc) is 2.98. The quantitative estimate of drug-likeness (QED) is 0.740. The Bertz CT molecular complexity index is 850. The van der Waals surface area contributed by atoms with Gasteiger partial charge in [0.15, 0.2) is 0 Å². The molecule has 0 spiro atoms. The molecule has 5 heterocycles. The highest BCUT2D eigenvalue weighted by Crippen LogP contribution is 2.35. The molecule has 5 aliphatic heterocycles. The normalized spacial score (nSPS) is 30.0. The van der Waals surface area contributed by atoms with Crippen LogP contribution >= 0.6 is 0 Å². The minimum absolute atomic E-state index is 0.208. The highest BCUT2D eigenvalue weighted by molar-refractivity contribution is 6.05. The van der Waals surface area contributed by atoms with E-state index in [9.17, 15) is 18.8 Å². The van der Waals surface area contributed by atoms with Crippen LogP contribution in [0.2, 0.25) is 0 Å². The molecule has 0 saturated carbocycles. The maximum atomic E-state index is 14.9. The summed E-state index contributed by atoms with van der Waals surface area (Å²) < 4.78 is 14.9. The Hall–Kier alpha value is -2.48. The van der Waals surface area contributed by atoms with Gasteiger partial charge >= 0.3 is 0 Å². The van der Waals surface area contributed by atoms with Gasteiger partial charge in [-0.3, -0.25) is 19.7 Å². The fourth-order valence-electron chi connectivity index (χ4n) is 4.80. The molecule has 4 fully saturated rings. The van der Waals surface area contributed by atoms with E-state index in [-0.39, 0.29) is 36.6 Å². The van der Waals surface area contributed by atoms with Crippen LogP contribution in [0.25, 0.3) is 0 Å². The molecule has 2 bridgehead atoms. The van der Waals surface area contributed by atoms with Gasteiger partial charge in [-0.25, -0.2) is 4.39 Å². The number of rotatable bonds is 2. The molecule has 142 valence electrons. The topological polar surface area (TPSA) is 81.8 Å². The van der Waals surface area contributed by atoms with Crippen LogP contribution in [0.15, 0.2) is 12.1 Å². The number of anilines is 1. The van der Waals surface area contributed by atoms with E-state index >= 15 is 0 Å². The zero-order valence-electron chi connectivity index (χ0n) is 14.8. The van der Waals surface area contributed by atoms with Crippen molar-refractivity contribution in [1.82, 2.24) is 15.5 Å². The van der Waals surface area contributed by atoms with Gasteiger partial charge in [0.1, 0.15) is 11.9 Å². The van der Waals surface area contributed by atoms with Crippen molar-refractivity contribution in [2.45, 2.75) is 50.4 Å². The lowest BCUT2D eigenvalue weighted by molar-refractivity contribution is -0.136. The number of hydrogen-bond acceptors (Lipinski definition) is 5. The van der Waals surface area contributed by atoms with E-state index in [0.29, 0.717) is 23.7 Å². The van der Waals surface area contributed by atoms with Crippen LogP contribution in [0.4, 0.5) is 10.1 Å². The van der Waals surface area contributed by atoms with Crippen molar-refractivity contribution in [2.75, 3.05) is 18.0 Å². The number of amides is 3. The average molecular weight is 372 g/mol. The maximum Gasteiger partial charge on any atom is 0.255 e. The van der Waals surface area contributed by atoms with Gasteiger partial charge in [-0.2, -0.15) is 0 Å². The molecule has 3 atom stereocenters. The van der Waals surface area contributed by atoms with Crippen molar-refractivity contribution in [3.05, 3.63) is 29.1 Å². The van der Waals surface area contributed by atoms with E-state index in [2.05, 4.69) is 15.5 Å². The van der Waals surface area contributed by atoms with E-state index in [1.54, 1.807) is 6.07 Å². The lowest BCUT2D eigenvalue weighted by Gasteiger charge is -2.47. The Labute approximate surface area is 155 Å². The zero-order valence-corrected chi connectivity index (χ0v) is 14.8. The Morgan fingerprint density at radius 1 is 1.07 bits per heavy atom. The number of carbonyl (C=O) groups excluding carboxylic acids is 3. The molecule has 3 amide bonds. The van der Waals surface area contributed by atoms with Gasteiger partial charge in [0, 0.05) is 43.7 Å². The predicted molar refractivity (Wildman–Crippen MR) is 94.6 cm³/mol. The molecule has 7 nitrogen and oxygen atoms in total. The van der Waals surface area contributed by atoms with E-state index in [0.717, 1.165) is 31.5 Å². The molecule has 0 radical (unpaired) electrons. The van der Waals surface area contributed by atoms with Gasteiger partial charge < -0.3 is 15.1 Å². The number of fused-ring (bicyclic) bond motifs is 4. The second-order valence-electron chi connectivity index (χ2n) is 7.85. The van der Waals surface area contributed by atoms with Crippen LogP contribution < -0.4 is 15.5 Å². The second-order valence-corrected chi connectivity index (χ2v) is 7.85. The highest BCUT2D eigenvalue weighted by atomic mass is 19.1. The summed E-state index contributed by atoms with van der Waals surface area (Å²) in [6.07, 6.45) is 2.66. The number of imide groups is 1. The molecular formula is C19H21FN4O3. The summed E-state index contributed by atoms with van der Waals surface area (Å²) in [5.74, 6) is -1.50. The van der Waals surface area contributed by atoms with Crippen LogP contribution in [0, 0.1) is 5.82 Å². The molecule has 5 aliphatic rings. The predicted octanol–water partition coefficient (Wildman–Crippen LogP) is 0.527. The van der Waals surface area contributed by atoms with Gasteiger partial charge in [-0.15, -0.1) is 0 Å². The van der Waals surface area contributed by atoms with Crippen molar-refractivity contribution < 1.29 is 18.8 Å². The number of piperazine rings is 1. The number of halogens is 1. The first-order valence-corrected chi connectivity index (χ1v) is 9.48. The summed E-state index contributed by atoms with van der Waals surface area (Å²) >= 11 is 0. The minimum Gasteiger partial charge on any atom is -0.363 e. The van der Waals surface area contributed by atoms with Crippen LogP contribution in [0.5, 0.6) is 0 Å². The van der Waals surface area contributed by atoms with E-state index in [1.165, 1.54) is 11.0 Å². The fraction of sp³-hybridized carbons (Fsp3) is 0.526. The first-order chi connectivity index (χ1) is 13.0. The summed E-state index contributed by atoms with van der Waals surface area (Å²) in [5, 5.41) is 5.74. The first kappa shape index (κ1) is 16.7. The number of nitrogens with zero attached hydrogens (tertiary/aromatic N) is 2. The minimum atomic E-state index is -0.677. The molecule has 27 heavy (non-hydrogen) atoms. The monoisotopic (exact) mass is 372 g/mol. The lowest BCUT2D eigenvalue weighted by atomic mass is 9.92. The third-order valence-corrected chi connectivity index (χ3v) is 6.25. The van der Waals surface area contributed by atoms with Crippen LogP contribution in [-0.4, -0.2) is 53.8 Å². The SMILES string of the molecule is O=C1CCC(N2Cc3cc(N4CC5CCC4CN5)c(F)cc3C2=O)C(=O)N1. The van der Waals surface area contributed by atoms with Gasteiger partial charge in [0.2, 0.25) is 11.8 Å². The molecule has 0 aliphatic carbocycles. The Morgan fingerprint density at radius 2 is 1.93 bits per heavy atom. The van der Waals surface area contributed by atoms with Crippen molar-refractivity contribution in [2.24, 2.45) is 0 Å². The summed E-state index contributed by atoms with van der Waals surface area (Å²) in [7, 11) is 0. The summed E-state index contributed by atoms with van der Waals surface area (Å²) in [6.45, 7) is 1.89. The van der Waals surface area contributed by atoms with Crippen molar-refractivity contribution in [3.63, 3.8) is 0 Å². The Balaban J connectivity index is 1.43. The molecule has 3 unspecified atom stereocenters. The van der Waals surface area contributed by atoms with Crippen molar-refractivity contribution in [1.29, 1.82) is 0 Å². The van der Waals surface area contributed by atoms with Crippen molar-refractivity contribution in [3.8, 4) is 0 Å². The van der Waals surface area contributed by atoms with Gasteiger partial charge in [0.25, 0.3) is 5.91 Å². The molecule has 1 aromatic rings. The van der Waals surface area contributed by atoms with Crippen LogP contribution in [-0.2, 0) is 16.1 Å². The van der Waals surface area contributed by atoms with Crippen LogP contribution in [0.3, 0.4) is 0 Å². The molecule has 0 aromatic heterocycles. The standard InChI is InChI=1S/C19H21FN4O3/c20-14-6-13-10(5-16(14)23-9-11-1-2-12(23)7-21-11)8-24(19(13)27)15-3-4-17(25)22-18(15)26/h5-6,11-12,15,21H,1-4,7-9H2,(H,22,25,26). The Kier molecular flexibility index (Phi) is 3.72. The molecule has 8 heteroatoms. The summed E-state index contributed by atoms with van der Waals surface area (Å²) in [6, 6.07) is 3.06. The number of piperidine rings is 3. The van der Waals surface area contributed by atoms with Gasteiger partial charge in [-0.1, -0.05) is 0 Å². The maximum absolute atomic E-state index is 14.9. The zero-order chi connectivity index (χ0) is 18.7. The summed E-state index contributed by atoms with van der Waals surface area (Å²) in [4.78, 5) is 39.8. The summed E-state index contributed by atoms with van der Waals surface area (Å²) in [5.41, 5.74) is 1.61. The highest BCUT2D eigenvalue weighted by Gasteiger charge is 2.41. The largest absolute Gasteiger partial charge is 0.363 e. The second kappa shape index (κ2) is 6.02. The third-order valence-electron chi connectivity index (χ3n) is 6.25. The number of nitrogens with one attached hydrogen (secondary N) is 2. The third kappa shape index (κ3) is 2.62. The lowest BCUT2D eigenvalue weighted by Crippen LogP contribution is -2.61. The van der Waals surface area contributed by atoms with Gasteiger partial charge in [-0.05, 0) is 37.0 Å². The smallest absolute Gasteiger partial charge is 0.255 e. The van der Waals surface area contributed by atoms with E-state index in [1.807, 2.05) is 0 Å². The van der Waals surface area contributed by atoms with E-state index in [4.69, 9.17) is 0 Å².